The third-order valence-corrected chi connectivity index (χ3v) is 3.82. The van der Waals surface area contributed by atoms with Crippen LogP contribution in [-0.4, -0.2) is 17.7 Å². The molecule has 0 bridgehead atoms. The maximum atomic E-state index is 10.9. The molecule has 2 aromatic rings. The average Bonchev–Trinajstić information content (AvgIpc) is 2.85. The molecule has 0 spiro atoms. The summed E-state index contributed by atoms with van der Waals surface area (Å²) in [6, 6.07) is 7.41. The summed E-state index contributed by atoms with van der Waals surface area (Å²) in [6.07, 6.45) is 0.872. The molecule has 0 aliphatic carbocycles. The van der Waals surface area contributed by atoms with Crippen molar-refractivity contribution in [1.29, 1.82) is 0 Å². The van der Waals surface area contributed by atoms with Crippen LogP contribution in [0.2, 0.25) is 0 Å². The van der Waals surface area contributed by atoms with Crippen LogP contribution in [0.5, 0.6) is 5.75 Å². The summed E-state index contributed by atoms with van der Waals surface area (Å²) >= 11 is 1.72. The second-order valence-corrected chi connectivity index (χ2v) is 5.45. The zero-order valence-corrected chi connectivity index (χ0v) is 11.8. The first-order valence-electron chi connectivity index (χ1n) is 6.07. The first-order chi connectivity index (χ1) is 9.08. The van der Waals surface area contributed by atoms with E-state index in [1.165, 1.54) is 4.88 Å². The lowest BCUT2D eigenvalue weighted by Gasteiger charge is -2.12. The molecule has 0 aliphatic rings. The molecule has 0 saturated carbocycles. The van der Waals surface area contributed by atoms with Gasteiger partial charge in [-0.2, -0.15) is 0 Å². The predicted octanol–water partition coefficient (Wildman–Crippen LogP) is 3.68. The molecular formula is C15H16O3S. The van der Waals surface area contributed by atoms with Crippen molar-refractivity contribution in [1.82, 2.24) is 0 Å². The molecule has 1 aromatic carbocycles. The second kappa shape index (κ2) is 5.89. The zero-order chi connectivity index (χ0) is 13.8. The second-order valence-electron chi connectivity index (χ2n) is 4.42. The van der Waals surface area contributed by atoms with Gasteiger partial charge in [-0.25, -0.2) is 4.79 Å². The van der Waals surface area contributed by atoms with Gasteiger partial charge in [-0.1, -0.05) is 6.07 Å². The van der Waals surface area contributed by atoms with E-state index in [4.69, 9.17) is 9.84 Å². The van der Waals surface area contributed by atoms with Crippen molar-refractivity contribution in [2.45, 2.75) is 20.3 Å². The monoisotopic (exact) mass is 276 g/mol. The quantitative estimate of drug-likeness (QED) is 0.906. The van der Waals surface area contributed by atoms with Gasteiger partial charge < -0.3 is 9.84 Å². The Hall–Kier alpha value is -1.81. The van der Waals surface area contributed by atoms with E-state index in [2.05, 4.69) is 6.07 Å². The van der Waals surface area contributed by atoms with E-state index in [-0.39, 0.29) is 0 Å². The number of hydrogen-bond donors (Lipinski definition) is 1. The normalized spacial score (nSPS) is 10.4. The van der Waals surface area contributed by atoms with E-state index in [0.717, 1.165) is 23.3 Å². The number of carboxylic acid groups (broad SMARTS) is 1. The molecule has 4 heteroatoms. The Morgan fingerprint density at radius 1 is 1.32 bits per heavy atom. The van der Waals surface area contributed by atoms with E-state index in [0.29, 0.717) is 12.2 Å². The van der Waals surface area contributed by atoms with E-state index in [1.807, 2.05) is 25.3 Å². The van der Waals surface area contributed by atoms with Crippen molar-refractivity contribution in [3.05, 3.63) is 51.2 Å². The summed E-state index contributed by atoms with van der Waals surface area (Å²) in [5, 5.41) is 11.0. The maximum Gasteiger partial charge on any atom is 0.335 e. The van der Waals surface area contributed by atoms with Crippen LogP contribution in [0.1, 0.15) is 26.4 Å². The van der Waals surface area contributed by atoms with E-state index in [1.54, 1.807) is 23.5 Å². The summed E-state index contributed by atoms with van der Waals surface area (Å²) in [4.78, 5) is 12.2. The number of thiophene rings is 1. The van der Waals surface area contributed by atoms with Gasteiger partial charge in [-0.15, -0.1) is 11.3 Å². The van der Waals surface area contributed by atoms with E-state index < -0.39 is 5.97 Å². The van der Waals surface area contributed by atoms with Crippen molar-refractivity contribution in [3.8, 4) is 5.75 Å². The van der Waals surface area contributed by atoms with Gasteiger partial charge in [0, 0.05) is 11.3 Å². The maximum absolute atomic E-state index is 10.9. The molecule has 0 atom stereocenters. The molecule has 0 aliphatic heterocycles. The van der Waals surface area contributed by atoms with E-state index in [9.17, 15) is 4.79 Å². The molecule has 1 aromatic heterocycles. The molecule has 0 fully saturated rings. The topological polar surface area (TPSA) is 46.5 Å². The summed E-state index contributed by atoms with van der Waals surface area (Å²) < 4.78 is 5.79. The van der Waals surface area contributed by atoms with Crippen LogP contribution >= 0.6 is 11.3 Å². The smallest absolute Gasteiger partial charge is 0.335 e. The molecule has 0 radical (unpaired) electrons. The Kier molecular flexibility index (Phi) is 4.22. The molecule has 100 valence electrons. The third kappa shape index (κ3) is 3.35. The van der Waals surface area contributed by atoms with Crippen LogP contribution in [0, 0.1) is 13.8 Å². The number of aryl methyl sites for hydroxylation is 2. The Bertz CT molecular complexity index is 550. The summed E-state index contributed by atoms with van der Waals surface area (Å²) in [7, 11) is 0. The minimum Gasteiger partial charge on any atom is -0.493 e. The minimum atomic E-state index is -0.906. The van der Waals surface area contributed by atoms with Crippen LogP contribution in [0.25, 0.3) is 0 Å². The lowest BCUT2D eigenvalue weighted by atomic mass is 10.1. The standard InChI is InChI=1S/C15H16O3S/c1-10-8-12(15(16)17)9-11(2)14(10)18-6-5-13-4-3-7-19-13/h3-4,7-9H,5-6H2,1-2H3,(H,16,17). The van der Waals surface area contributed by atoms with Crippen LogP contribution in [0.4, 0.5) is 0 Å². The van der Waals surface area contributed by atoms with Gasteiger partial charge in [0.05, 0.1) is 12.2 Å². The number of carbonyl (C=O) groups is 1. The van der Waals surface area contributed by atoms with Gasteiger partial charge in [-0.3, -0.25) is 0 Å². The van der Waals surface area contributed by atoms with Gasteiger partial charge in [0.2, 0.25) is 0 Å². The summed E-state index contributed by atoms with van der Waals surface area (Å²) in [5.41, 5.74) is 2.03. The number of rotatable bonds is 5. The Morgan fingerprint density at radius 2 is 2.00 bits per heavy atom. The first kappa shape index (κ1) is 13.6. The first-order valence-corrected chi connectivity index (χ1v) is 6.95. The molecule has 1 N–H and O–H groups in total. The van der Waals surface area contributed by atoms with Crippen molar-refractivity contribution in [2.24, 2.45) is 0 Å². The summed E-state index contributed by atoms with van der Waals surface area (Å²) in [5.74, 6) is -0.113. The highest BCUT2D eigenvalue weighted by Crippen LogP contribution is 2.25. The molecule has 1 heterocycles. The fraction of sp³-hybridized carbons (Fsp3) is 0.267. The van der Waals surface area contributed by atoms with Gasteiger partial charge in [0.1, 0.15) is 5.75 Å². The van der Waals surface area contributed by atoms with Crippen LogP contribution in [-0.2, 0) is 6.42 Å². The largest absolute Gasteiger partial charge is 0.493 e. The minimum absolute atomic E-state index is 0.306. The highest BCUT2D eigenvalue weighted by atomic mass is 32.1. The molecular weight excluding hydrogens is 260 g/mol. The number of benzene rings is 1. The molecule has 0 unspecified atom stereocenters. The zero-order valence-electron chi connectivity index (χ0n) is 11.0. The summed E-state index contributed by atoms with van der Waals surface area (Å²) in [6.45, 7) is 4.36. The molecule has 19 heavy (non-hydrogen) atoms. The Labute approximate surface area is 116 Å². The Balaban J connectivity index is 2.06. The molecule has 0 saturated heterocycles. The van der Waals surface area contributed by atoms with Gasteiger partial charge in [0.25, 0.3) is 0 Å². The highest BCUT2D eigenvalue weighted by molar-refractivity contribution is 7.09. The fourth-order valence-electron chi connectivity index (χ4n) is 2.01. The predicted molar refractivity (Wildman–Crippen MR) is 76.4 cm³/mol. The number of carboxylic acids is 1. The van der Waals surface area contributed by atoms with Crippen LogP contribution in [0.15, 0.2) is 29.6 Å². The van der Waals surface area contributed by atoms with Crippen molar-refractivity contribution >= 4 is 17.3 Å². The lowest BCUT2D eigenvalue weighted by molar-refractivity contribution is 0.0696. The molecule has 0 amide bonds. The van der Waals surface area contributed by atoms with Crippen molar-refractivity contribution in [3.63, 3.8) is 0 Å². The van der Waals surface area contributed by atoms with E-state index >= 15 is 0 Å². The van der Waals surface area contributed by atoms with Gasteiger partial charge >= 0.3 is 5.97 Å². The third-order valence-electron chi connectivity index (χ3n) is 2.88. The lowest BCUT2D eigenvalue weighted by Crippen LogP contribution is -2.05. The van der Waals surface area contributed by atoms with Crippen molar-refractivity contribution in [2.75, 3.05) is 6.61 Å². The van der Waals surface area contributed by atoms with Crippen molar-refractivity contribution < 1.29 is 14.6 Å². The number of aromatic carboxylic acids is 1. The average molecular weight is 276 g/mol. The molecule has 2 rings (SSSR count). The molecule has 3 nitrogen and oxygen atoms in total. The van der Waals surface area contributed by atoms with Crippen LogP contribution < -0.4 is 4.74 Å². The van der Waals surface area contributed by atoms with Gasteiger partial charge in [-0.05, 0) is 48.6 Å². The SMILES string of the molecule is Cc1cc(C(=O)O)cc(C)c1OCCc1cccs1. The van der Waals surface area contributed by atoms with Crippen LogP contribution in [0.3, 0.4) is 0 Å². The number of hydrogen-bond acceptors (Lipinski definition) is 3. The van der Waals surface area contributed by atoms with Gasteiger partial charge in [0.15, 0.2) is 0 Å². The Morgan fingerprint density at radius 3 is 2.53 bits per heavy atom. The fourth-order valence-corrected chi connectivity index (χ4v) is 2.70. The number of ether oxygens (including phenoxy) is 1. The highest BCUT2D eigenvalue weighted by Gasteiger charge is 2.10.